The SMILES string of the molecule is CCC(=C(c1ccc(O)cc1)c1ccc(OCCN(C)C(=O)CCCCNC(=O)[C@H](CC(C)C)NC(=O)[C@@H](O)[C@H](N)Cc2ccccc2)cc1)c1ccccc1. The first kappa shape index (κ1) is 43.3. The number of aliphatic hydroxyl groups is 1. The molecule has 6 N–H and O–H groups in total. The molecule has 3 atom stereocenters. The summed E-state index contributed by atoms with van der Waals surface area (Å²) in [5, 5.41) is 26.1. The van der Waals surface area contributed by atoms with Crippen LogP contribution in [0.5, 0.6) is 11.5 Å². The molecule has 4 aromatic rings. The van der Waals surface area contributed by atoms with Crippen molar-refractivity contribution in [3.63, 3.8) is 0 Å². The molecule has 298 valence electrons. The van der Waals surface area contributed by atoms with Crippen molar-refractivity contribution >= 4 is 28.9 Å². The normalized spacial score (nSPS) is 13.3. The minimum Gasteiger partial charge on any atom is -0.508 e. The van der Waals surface area contributed by atoms with Gasteiger partial charge in [-0.3, -0.25) is 14.4 Å². The van der Waals surface area contributed by atoms with Gasteiger partial charge in [-0.15, -0.1) is 0 Å². The molecule has 0 fully saturated rings. The zero-order valence-corrected chi connectivity index (χ0v) is 33.1. The summed E-state index contributed by atoms with van der Waals surface area (Å²) >= 11 is 0. The van der Waals surface area contributed by atoms with E-state index in [1.165, 1.54) is 5.57 Å². The Morgan fingerprint density at radius 3 is 2.02 bits per heavy atom. The Labute approximate surface area is 331 Å². The summed E-state index contributed by atoms with van der Waals surface area (Å²) in [6, 6.07) is 33.3. The van der Waals surface area contributed by atoms with Gasteiger partial charge in [0.2, 0.25) is 11.8 Å². The first-order valence-electron chi connectivity index (χ1n) is 19.6. The zero-order chi connectivity index (χ0) is 40.5. The summed E-state index contributed by atoms with van der Waals surface area (Å²) in [6.07, 6.45) is 1.59. The Bertz CT molecular complexity index is 1850. The smallest absolute Gasteiger partial charge is 0.251 e. The molecule has 0 aliphatic heterocycles. The van der Waals surface area contributed by atoms with E-state index >= 15 is 0 Å². The molecular formula is C46H58N4O6. The lowest BCUT2D eigenvalue weighted by Crippen LogP contribution is -2.54. The van der Waals surface area contributed by atoms with Crippen LogP contribution in [0.3, 0.4) is 0 Å². The first-order valence-corrected chi connectivity index (χ1v) is 19.6. The molecule has 0 heterocycles. The molecule has 0 aliphatic carbocycles. The first-order chi connectivity index (χ1) is 27.0. The molecule has 0 spiro atoms. The van der Waals surface area contributed by atoms with Gasteiger partial charge in [0.1, 0.15) is 30.3 Å². The summed E-state index contributed by atoms with van der Waals surface area (Å²) in [5.41, 5.74) is 12.5. The molecule has 10 nitrogen and oxygen atoms in total. The molecule has 0 unspecified atom stereocenters. The maximum atomic E-state index is 13.0. The summed E-state index contributed by atoms with van der Waals surface area (Å²) in [4.78, 5) is 40.3. The Kier molecular flexibility index (Phi) is 17.1. The summed E-state index contributed by atoms with van der Waals surface area (Å²) in [6.45, 7) is 7.15. The van der Waals surface area contributed by atoms with E-state index in [-0.39, 0.29) is 23.5 Å². The van der Waals surface area contributed by atoms with Gasteiger partial charge < -0.3 is 36.2 Å². The van der Waals surface area contributed by atoms with Gasteiger partial charge in [0.15, 0.2) is 0 Å². The van der Waals surface area contributed by atoms with E-state index in [9.17, 15) is 24.6 Å². The molecular weight excluding hydrogens is 705 g/mol. The fourth-order valence-corrected chi connectivity index (χ4v) is 6.53. The summed E-state index contributed by atoms with van der Waals surface area (Å²) in [7, 11) is 1.75. The fourth-order valence-electron chi connectivity index (χ4n) is 6.53. The van der Waals surface area contributed by atoms with E-state index in [1.54, 1.807) is 24.1 Å². The number of nitrogens with zero attached hydrogens (tertiary/aromatic N) is 1. The van der Waals surface area contributed by atoms with Crippen LogP contribution < -0.4 is 21.1 Å². The number of phenolic OH excluding ortho intramolecular Hbond substituents is 1. The number of aromatic hydroxyl groups is 1. The Hall–Kier alpha value is -5.45. The average molecular weight is 763 g/mol. The van der Waals surface area contributed by atoms with Crippen molar-refractivity contribution in [2.45, 2.75) is 77.5 Å². The standard InChI is InChI=1S/C46H58N4O6/c1-5-39(34-16-10-7-11-17-34)43(35-19-23-37(51)24-20-35)36-21-25-38(26-22-36)56-29-28-50(4)42(52)18-12-13-27-48-45(54)41(30-32(2)3)49-46(55)44(53)40(47)31-33-14-8-6-9-15-33/h6-11,14-17,19-26,32,40-41,44,51,53H,5,12-13,18,27-31,47H2,1-4H3,(H,48,54)(H,49,55)/t40-,41+,44+/m1/s1. The summed E-state index contributed by atoms with van der Waals surface area (Å²) < 4.78 is 6.01. The van der Waals surface area contributed by atoms with E-state index in [2.05, 4.69) is 29.7 Å². The average Bonchev–Trinajstić information content (AvgIpc) is 3.20. The molecule has 0 aromatic heterocycles. The molecule has 10 heteroatoms. The molecule has 0 saturated heterocycles. The number of likely N-dealkylation sites (N-methyl/N-ethyl adjacent to an activating group) is 1. The molecule has 0 bridgehead atoms. The third kappa shape index (κ3) is 13.4. The van der Waals surface area contributed by atoms with Gasteiger partial charge in [0.25, 0.3) is 5.91 Å². The van der Waals surface area contributed by atoms with Gasteiger partial charge in [0, 0.05) is 26.1 Å². The minimum absolute atomic E-state index is 0.0160. The quantitative estimate of drug-likeness (QED) is 0.0490. The van der Waals surface area contributed by atoms with Crippen LogP contribution in [-0.4, -0.2) is 77.8 Å². The number of ether oxygens (including phenoxy) is 1. The molecule has 4 aromatic carbocycles. The maximum Gasteiger partial charge on any atom is 0.251 e. The monoisotopic (exact) mass is 762 g/mol. The number of benzene rings is 4. The summed E-state index contributed by atoms with van der Waals surface area (Å²) in [5.74, 6) is 0.0144. The molecule has 0 radical (unpaired) electrons. The molecule has 0 aliphatic rings. The number of unbranched alkanes of at least 4 members (excludes halogenated alkanes) is 1. The zero-order valence-electron chi connectivity index (χ0n) is 33.1. The maximum absolute atomic E-state index is 13.0. The number of carbonyl (C=O) groups excluding carboxylic acids is 3. The highest BCUT2D eigenvalue weighted by Crippen LogP contribution is 2.35. The lowest BCUT2D eigenvalue weighted by Gasteiger charge is -2.24. The van der Waals surface area contributed by atoms with Crippen molar-refractivity contribution in [2.75, 3.05) is 26.7 Å². The van der Waals surface area contributed by atoms with Crippen molar-refractivity contribution < 1.29 is 29.3 Å². The lowest BCUT2D eigenvalue weighted by atomic mass is 9.88. The number of hydrogen-bond donors (Lipinski definition) is 5. The van der Waals surface area contributed by atoms with Crippen LogP contribution in [0.25, 0.3) is 11.1 Å². The predicted molar refractivity (Wildman–Crippen MR) is 223 cm³/mol. The second-order valence-electron chi connectivity index (χ2n) is 14.5. The minimum atomic E-state index is -1.46. The Morgan fingerprint density at radius 1 is 0.804 bits per heavy atom. The van der Waals surface area contributed by atoms with Gasteiger partial charge in [-0.2, -0.15) is 0 Å². The largest absolute Gasteiger partial charge is 0.508 e. The number of hydrogen-bond acceptors (Lipinski definition) is 7. The number of aliphatic hydroxyl groups excluding tert-OH is 1. The van der Waals surface area contributed by atoms with Crippen LogP contribution >= 0.6 is 0 Å². The van der Waals surface area contributed by atoms with Gasteiger partial charge >= 0.3 is 0 Å². The van der Waals surface area contributed by atoms with E-state index in [4.69, 9.17) is 10.5 Å². The third-order valence-corrected chi connectivity index (χ3v) is 9.64. The molecule has 0 saturated carbocycles. The molecule has 56 heavy (non-hydrogen) atoms. The van der Waals surface area contributed by atoms with Crippen LogP contribution in [0.2, 0.25) is 0 Å². The number of nitrogens with two attached hydrogens (primary N) is 1. The van der Waals surface area contributed by atoms with Crippen LogP contribution in [0, 0.1) is 5.92 Å². The van der Waals surface area contributed by atoms with Crippen LogP contribution in [0.1, 0.15) is 75.1 Å². The highest BCUT2D eigenvalue weighted by atomic mass is 16.5. The van der Waals surface area contributed by atoms with E-state index < -0.39 is 24.1 Å². The highest BCUT2D eigenvalue weighted by Gasteiger charge is 2.28. The van der Waals surface area contributed by atoms with Crippen LogP contribution in [-0.2, 0) is 20.8 Å². The Morgan fingerprint density at radius 2 is 1.41 bits per heavy atom. The van der Waals surface area contributed by atoms with Crippen molar-refractivity contribution in [3.05, 3.63) is 131 Å². The van der Waals surface area contributed by atoms with Gasteiger partial charge in [0.05, 0.1) is 6.54 Å². The van der Waals surface area contributed by atoms with Crippen molar-refractivity contribution in [3.8, 4) is 11.5 Å². The van der Waals surface area contributed by atoms with Crippen molar-refractivity contribution in [1.29, 1.82) is 0 Å². The second-order valence-corrected chi connectivity index (χ2v) is 14.5. The number of carbonyl (C=O) groups is 3. The van der Waals surface area contributed by atoms with E-state index in [0.29, 0.717) is 57.6 Å². The number of rotatable bonds is 21. The lowest BCUT2D eigenvalue weighted by molar-refractivity contribution is -0.135. The van der Waals surface area contributed by atoms with Crippen molar-refractivity contribution in [1.82, 2.24) is 15.5 Å². The highest BCUT2D eigenvalue weighted by molar-refractivity contribution is 5.98. The van der Waals surface area contributed by atoms with Crippen LogP contribution in [0.4, 0.5) is 0 Å². The second kappa shape index (κ2) is 22.2. The van der Waals surface area contributed by atoms with E-state index in [1.807, 2.05) is 98.8 Å². The van der Waals surface area contributed by atoms with Crippen LogP contribution in [0.15, 0.2) is 109 Å². The topological polar surface area (TPSA) is 154 Å². The fraction of sp³-hybridized carbons (Fsp3) is 0.370. The van der Waals surface area contributed by atoms with Crippen molar-refractivity contribution in [2.24, 2.45) is 11.7 Å². The molecule has 4 rings (SSSR count). The third-order valence-electron chi connectivity index (χ3n) is 9.64. The number of nitrogens with one attached hydrogen (secondary N) is 2. The number of phenols is 1. The van der Waals surface area contributed by atoms with Gasteiger partial charge in [-0.05, 0) is 95.7 Å². The van der Waals surface area contributed by atoms with Gasteiger partial charge in [-0.25, -0.2) is 0 Å². The number of amides is 3. The molecule has 3 amide bonds. The van der Waals surface area contributed by atoms with Gasteiger partial charge in [-0.1, -0.05) is 106 Å². The number of allylic oxidation sites excluding steroid dienone is 1. The van der Waals surface area contributed by atoms with E-state index in [0.717, 1.165) is 34.2 Å². The predicted octanol–water partition coefficient (Wildman–Crippen LogP) is 6.35. The Balaban J connectivity index is 1.21.